The van der Waals surface area contributed by atoms with Crippen LogP contribution in [0.3, 0.4) is 0 Å². The number of rotatable bonds is 6. The van der Waals surface area contributed by atoms with Gasteiger partial charge in [0.25, 0.3) is 0 Å². The summed E-state index contributed by atoms with van der Waals surface area (Å²) in [5.74, 6) is 0.208. The molecule has 0 saturated heterocycles. The SMILES string of the molecule is CS(=O)(=O)CCSc1nnc(Nc2cccc(F)c2)s1. The van der Waals surface area contributed by atoms with Crippen molar-refractivity contribution in [3.05, 3.63) is 30.1 Å². The van der Waals surface area contributed by atoms with Gasteiger partial charge in [0.05, 0.1) is 5.75 Å². The average Bonchev–Trinajstić information content (AvgIpc) is 2.75. The zero-order valence-electron chi connectivity index (χ0n) is 10.5. The molecule has 0 aliphatic heterocycles. The minimum atomic E-state index is -2.96. The number of hydrogen-bond acceptors (Lipinski definition) is 7. The Hall–Kier alpha value is -1.19. The van der Waals surface area contributed by atoms with Crippen molar-refractivity contribution in [2.24, 2.45) is 0 Å². The van der Waals surface area contributed by atoms with E-state index in [0.29, 0.717) is 20.9 Å². The van der Waals surface area contributed by atoms with E-state index in [1.165, 1.54) is 41.5 Å². The number of sulfone groups is 1. The van der Waals surface area contributed by atoms with Crippen molar-refractivity contribution in [1.29, 1.82) is 0 Å². The third-order valence-corrected chi connectivity index (χ3v) is 5.34. The molecule has 1 aromatic heterocycles. The topological polar surface area (TPSA) is 72.0 Å². The lowest BCUT2D eigenvalue weighted by Gasteiger charge is -2.00. The average molecular weight is 333 g/mol. The van der Waals surface area contributed by atoms with Gasteiger partial charge in [-0.15, -0.1) is 10.2 Å². The number of aromatic nitrogens is 2. The van der Waals surface area contributed by atoms with Crippen LogP contribution in [0.25, 0.3) is 0 Å². The maximum Gasteiger partial charge on any atom is 0.210 e. The van der Waals surface area contributed by atoms with Crippen LogP contribution in [0.2, 0.25) is 0 Å². The number of halogens is 1. The number of hydrogen-bond donors (Lipinski definition) is 1. The highest BCUT2D eigenvalue weighted by molar-refractivity contribution is 8.02. The maximum absolute atomic E-state index is 13.0. The number of nitrogens with zero attached hydrogens (tertiary/aromatic N) is 2. The first kappa shape index (κ1) is 15.2. The molecule has 20 heavy (non-hydrogen) atoms. The van der Waals surface area contributed by atoms with E-state index in [1.807, 2.05) is 0 Å². The van der Waals surface area contributed by atoms with E-state index in [1.54, 1.807) is 12.1 Å². The van der Waals surface area contributed by atoms with Gasteiger partial charge in [-0.25, -0.2) is 12.8 Å². The molecule has 0 atom stereocenters. The van der Waals surface area contributed by atoms with Gasteiger partial charge in [0.1, 0.15) is 15.7 Å². The monoisotopic (exact) mass is 333 g/mol. The Morgan fingerprint density at radius 2 is 2.20 bits per heavy atom. The fraction of sp³-hybridized carbons (Fsp3) is 0.273. The fourth-order valence-electron chi connectivity index (χ4n) is 1.29. The van der Waals surface area contributed by atoms with Gasteiger partial charge in [0.15, 0.2) is 4.34 Å². The van der Waals surface area contributed by atoms with Crippen LogP contribution in [0, 0.1) is 5.82 Å². The summed E-state index contributed by atoms with van der Waals surface area (Å²) in [5, 5.41) is 11.3. The fourth-order valence-corrected chi connectivity index (χ4v) is 4.33. The summed E-state index contributed by atoms with van der Waals surface area (Å²) in [6.07, 6.45) is 1.20. The van der Waals surface area contributed by atoms with Crippen molar-refractivity contribution in [1.82, 2.24) is 10.2 Å². The van der Waals surface area contributed by atoms with Crippen molar-refractivity contribution in [3.8, 4) is 0 Å². The minimum absolute atomic E-state index is 0.101. The number of anilines is 2. The normalized spacial score (nSPS) is 11.5. The van der Waals surface area contributed by atoms with Crippen molar-refractivity contribution < 1.29 is 12.8 Å². The summed E-state index contributed by atoms with van der Waals surface area (Å²) in [4.78, 5) is 0. The zero-order valence-corrected chi connectivity index (χ0v) is 13.0. The number of nitrogens with one attached hydrogen (secondary N) is 1. The molecule has 0 aliphatic rings. The molecule has 0 aliphatic carbocycles. The molecule has 5 nitrogen and oxygen atoms in total. The van der Waals surface area contributed by atoms with Crippen molar-refractivity contribution in [3.63, 3.8) is 0 Å². The van der Waals surface area contributed by atoms with Crippen LogP contribution < -0.4 is 5.32 Å². The highest BCUT2D eigenvalue weighted by Crippen LogP contribution is 2.27. The maximum atomic E-state index is 13.0. The van der Waals surface area contributed by atoms with Crippen LogP contribution >= 0.6 is 23.1 Å². The lowest BCUT2D eigenvalue weighted by atomic mass is 10.3. The predicted molar refractivity (Wildman–Crippen MR) is 80.0 cm³/mol. The lowest BCUT2D eigenvalue weighted by molar-refractivity contribution is 0.603. The Bertz CT molecular complexity index is 688. The van der Waals surface area contributed by atoms with E-state index in [4.69, 9.17) is 0 Å². The lowest BCUT2D eigenvalue weighted by Crippen LogP contribution is -2.04. The molecule has 2 rings (SSSR count). The molecule has 0 unspecified atom stereocenters. The highest BCUT2D eigenvalue weighted by atomic mass is 32.2. The Morgan fingerprint density at radius 3 is 2.90 bits per heavy atom. The summed E-state index contributed by atoms with van der Waals surface area (Å²) >= 11 is 2.63. The van der Waals surface area contributed by atoms with Gasteiger partial charge in [0.2, 0.25) is 5.13 Å². The van der Waals surface area contributed by atoms with Crippen molar-refractivity contribution >= 4 is 43.8 Å². The van der Waals surface area contributed by atoms with Crippen LogP contribution in [0.5, 0.6) is 0 Å². The van der Waals surface area contributed by atoms with Gasteiger partial charge < -0.3 is 5.32 Å². The molecule has 0 saturated carbocycles. The van der Waals surface area contributed by atoms with E-state index in [0.717, 1.165) is 0 Å². The molecule has 1 aromatic carbocycles. The first-order valence-electron chi connectivity index (χ1n) is 5.59. The standard InChI is InChI=1S/C11H12FN3O2S3/c1-20(16,17)6-5-18-11-15-14-10(19-11)13-9-4-2-3-8(12)7-9/h2-4,7H,5-6H2,1H3,(H,13,14). The highest BCUT2D eigenvalue weighted by Gasteiger charge is 2.08. The summed E-state index contributed by atoms with van der Waals surface area (Å²) in [6.45, 7) is 0. The summed E-state index contributed by atoms with van der Waals surface area (Å²) < 4.78 is 35.7. The van der Waals surface area contributed by atoms with Gasteiger partial charge in [-0.3, -0.25) is 0 Å². The van der Waals surface area contributed by atoms with Gasteiger partial charge in [-0.2, -0.15) is 0 Å². The second kappa shape index (κ2) is 6.51. The third-order valence-electron chi connectivity index (χ3n) is 2.16. The van der Waals surface area contributed by atoms with Gasteiger partial charge in [-0.1, -0.05) is 29.2 Å². The Kier molecular flexibility index (Phi) is 4.95. The molecular weight excluding hydrogens is 321 g/mol. The molecule has 2 aromatic rings. The molecule has 0 radical (unpaired) electrons. The predicted octanol–water partition coefficient (Wildman–Crippen LogP) is 2.56. The molecule has 1 heterocycles. The Balaban J connectivity index is 1.92. The zero-order chi connectivity index (χ0) is 14.6. The number of thioether (sulfide) groups is 1. The van der Waals surface area contributed by atoms with E-state index >= 15 is 0 Å². The van der Waals surface area contributed by atoms with Crippen molar-refractivity contribution in [2.75, 3.05) is 23.1 Å². The van der Waals surface area contributed by atoms with Crippen LogP contribution in [0.4, 0.5) is 15.2 Å². The van der Waals surface area contributed by atoms with Crippen molar-refractivity contribution in [2.45, 2.75) is 4.34 Å². The van der Waals surface area contributed by atoms with Gasteiger partial charge in [0, 0.05) is 17.7 Å². The smallest absolute Gasteiger partial charge is 0.210 e. The minimum Gasteiger partial charge on any atom is -0.330 e. The summed E-state index contributed by atoms with van der Waals surface area (Å²) in [6, 6.07) is 6.04. The molecule has 9 heteroatoms. The van der Waals surface area contributed by atoms with E-state index in [2.05, 4.69) is 15.5 Å². The van der Waals surface area contributed by atoms with E-state index in [9.17, 15) is 12.8 Å². The van der Waals surface area contributed by atoms with E-state index in [-0.39, 0.29) is 11.6 Å². The second-order valence-corrected chi connectivity index (χ2v) is 8.57. The second-order valence-electron chi connectivity index (χ2n) is 3.99. The Labute approximate surface area is 124 Å². The first-order chi connectivity index (χ1) is 9.42. The molecule has 0 amide bonds. The summed E-state index contributed by atoms with van der Waals surface area (Å²) in [7, 11) is -2.96. The van der Waals surface area contributed by atoms with Crippen LogP contribution in [-0.4, -0.2) is 36.4 Å². The number of benzene rings is 1. The molecule has 1 N–H and O–H groups in total. The van der Waals surface area contributed by atoms with Gasteiger partial charge >= 0.3 is 0 Å². The molecule has 0 spiro atoms. The molecular formula is C11H12FN3O2S3. The quantitative estimate of drug-likeness (QED) is 0.819. The first-order valence-corrected chi connectivity index (χ1v) is 9.45. The van der Waals surface area contributed by atoms with Crippen LogP contribution in [0.1, 0.15) is 0 Å². The Morgan fingerprint density at radius 1 is 1.40 bits per heavy atom. The summed E-state index contributed by atoms with van der Waals surface area (Å²) in [5.41, 5.74) is 0.592. The van der Waals surface area contributed by atoms with E-state index < -0.39 is 9.84 Å². The molecule has 0 fully saturated rings. The molecule has 108 valence electrons. The largest absolute Gasteiger partial charge is 0.330 e. The molecule has 0 bridgehead atoms. The van der Waals surface area contributed by atoms with Crippen LogP contribution in [0.15, 0.2) is 28.6 Å². The van der Waals surface area contributed by atoms with Crippen LogP contribution in [-0.2, 0) is 9.84 Å². The third kappa shape index (κ3) is 5.06. The van der Waals surface area contributed by atoms with Gasteiger partial charge in [-0.05, 0) is 18.2 Å².